The monoisotopic (exact) mass is 425 g/mol. The number of benzene rings is 1. The summed E-state index contributed by atoms with van der Waals surface area (Å²) in [6.07, 6.45) is 6.34. The number of unbranched alkanes of at least 4 members (excludes halogenated alkanes) is 1. The predicted octanol–water partition coefficient (Wildman–Crippen LogP) is 1.08. The third kappa shape index (κ3) is 3.83. The maximum atomic E-state index is 13.0. The molecule has 3 aliphatic heterocycles. The number of hydrogen-bond donors (Lipinski definition) is 2. The van der Waals surface area contributed by atoms with Gasteiger partial charge in [-0.3, -0.25) is 24.0 Å². The Hall–Kier alpha value is -2.45. The molecule has 5 rings (SSSR count). The van der Waals surface area contributed by atoms with Crippen molar-refractivity contribution in [3.8, 4) is 0 Å². The number of nitrogens with one attached hydrogen (secondary N) is 2. The highest BCUT2D eigenvalue weighted by molar-refractivity contribution is 6.00. The first kappa shape index (κ1) is 20.5. The van der Waals surface area contributed by atoms with Gasteiger partial charge < -0.3 is 10.2 Å². The van der Waals surface area contributed by atoms with Gasteiger partial charge in [-0.15, -0.1) is 0 Å². The maximum Gasteiger partial charge on any atom is 0.329 e. The van der Waals surface area contributed by atoms with E-state index in [-0.39, 0.29) is 23.9 Å². The summed E-state index contributed by atoms with van der Waals surface area (Å²) in [5.41, 5.74) is 2.62. The van der Waals surface area contributed by atoms with Gasteiger partial charge in [-0.2, -0.15) is 0 Å². The van der Waals surface area contributed by atoms with Gasteiger partial charge >= 0.3 is 5.69 Å². The van der Waals surface area contributed by atoms with Crippen molar-refractivity contribution in [1.29, 1.82) is 0 Å². The number of rotatable bonds is 6. The average Bonchev–Trinajstić information content (AvgIpc) is 3.22. The van der Waals surface area contributed by atoms with Gasteiger partial charge in [-0.25, -0.2) is 4.79 Å². The average molecular weight is 426 g/mol. The second kappa shape index (κ2) is 8.24. The Morgan fingerprint density at radius 3 is 2.55 bits per heavy atom. The van der Waals surface area contributed by atoms with Crippen LogP contribution < -0.4 is 16.3 Å². The lowest BCUT2D eigenvalue weighted by Gasteiger charge is -2.32. The van der Waals surface area contributed by atoms with E-state index in [0.717, 1.165) is 55.5 Å². The number of fused-ring (bicyclic) bond motifs is 3. The normalized spacial score (nSPS) is 26.5. The predicted molar refractivity (Wildman–Crippen MR) is 118 cm³/mol. The molecule has 3 aliphatic rings. The van der Waals surface area contributed by atoms with Crippen LogP contribution in [0.2, 0.25) is 0 Å². The molecule has 31 heavy (non-hydrogen) atoms. The van der Waals surface area contributed by atoms with Crippen LogP contribution in [0.5, 0.6) is 0 Å². The molecule has 8 nitrogen and oxygen atoms in total. The van der Waals surface area contributed by atoms with Gasteiger partial charge in [0.15, 0.2) is 0 Å². The van der Waals surface area contributed by atoms with Crippen LogP contribution in [0.25, 0.3) is 11.0 Å². The van der Waals surface area contributed by atoms with E-state index >= 15 is 0 Å². The van der Waals surface area contributed by atoms with E-state index < -0.39 is 6.04 Å². The Labute approximate surface area is 181 Å². The van der Waals surface area contributed by atoms with Crippen LogP contribution in [0.3, 0.4) is 0 Å². The van der Waals surface area contributed by atoms with Gasteiger partial charge in [0.1, 0.15) is 6.04 Å². The number of piperazine rings is 1. The molecule has 1 aromatic carbocycles. The van der Waals surface area contributed by atoms with Crippen molar-refractivity contribution < 1.29 is 9.59 Å². The molecule has 2 N–H and O–H groups in total. The minimum Gasteiger partial charge on any atom is -0.309 e. The standard InChI is InChI=1S/C23H31N5O3/c1-26-21-15(5-2-3-12-27-13-16-8-9-17(14-27)24-16)6-4-7-18(21)28(23(26)31)19-10-11-20(29)25-22(19)30/h4,6-7,16-17,19,24H,2-3,5,8-14H2,1H3,(H,25,29,30)/t16-,17+,19?. The van der Waals surface area contributed by atoms with E-state index in [9.17, 15) is 14.4 Å². The van der Waals surface area contributed by atoms with Gasteiger partial charge in [0.25, 0.3) is 0 Å². The topological polar surface area (TPSA) is 88.4 Å². The molecular weight excluding hydrogens is 394 g/mol. The number of likely N-dealkylation sites (tertiary alicyclic amines) is 1. The first-order valence-electron chi connectivity index (χ1n) is 11.5. The van der Waals surface area contributed by atoms with Crippen LogP contribution in [0, 0.1) is 0 Å². The number of imide groups is 1. The number of piperidine rings is 1. The third-order valence-corrected chi connectivity index (χ3v) is 7.17. The zero-order valence-corrected chi connectivity index (χ0v) is 18.1. The fourth-order valence-corrected chi connectivity index (χ4v) is 5.67. The minimum absolute atomic E-state index is 0.201. The van der Waals surface area contributed by atoms with Gasteiger partial charge in [0.2, 0.25) is 11.8 Å². The summed E-state index contributed by atoms with van der Waals surface area (Å²) in [7, 11) is 1.77. The Morgan fingerprint density at radius 1 is 1.03 bits per heavy atom. The van der Waals surface area contributed by atoms with Crippen LogP contribution in [-0.2, 0) is 23.1 Å². The molecule has 2 bridgehead atoms. The van der Waals surface area contributed by atoms with E-state index in [0.29, 0.717) is 18.5 Å². The lowest BCUT2D eigenvalue weighted by Crippen LogP contribution is -2.51. The van der Waals surface area contributed by atoms with Gasteiger partial charge in [-0.1, -0.05) is 12.1 Å². The van der Waals surface area contributed by atoms with Crippen LogP contribution >= 0.6 is 0 Å². The summed E-state index contributed by atoms with van der Waals surface area (Å²) >= 11 is 0. The van der Waals surface area contributed by atoms with E-state index in [1.807, 2.05) is 12.1 Å². The van der Waals surface area contributed by atoms with Crippen LogP contribution in [0.1, 0.15) is 50.1 Å². The number of carbonyl (C=O) groups is 2. The number of carbonyl (C=O) groups excluding carboxylic acids is 2. The molecule has 0 radical (unpaired) electrons. The molecule has 3 saturated heterocycles. The Balaban J connectivity index is 1.30. The lowest BCUT2D eigenvalue weighted by molar-refractivity contribution is -0.135. The maximum absolute atomic E-state index is 13.0. The molecule has 0 aliphatic carbocycles. The zero-order chi connectivity index (χ0) is 21.5. The number of amides is 2. The summed E-state index contributed by atoms with van der Waals surface area (Å²) in [5.74, 6) is -0.658. The van der Waals surface area contributed by atoms with E-state index in [2.05, 4.69) is 21.6 Å². The fourth-order valence-electron chi connectivity index (χ4n) is 5.67. The number of imidazole rings is 1. The van der Waals surface area contributed by atoms with Crippen molar-refractivity contribution in [3.05, 3.63) is 34.2 Å². The van der Waals surface area contributed by atoms with E-state index in [4.69, 9.17) is 0 Å². The number of para-hydroxylation sites is 1. The molecule has 2 amide bonds. The molecule has 1 unspecified atom stereocenters. The van der Waals surface area contributed by atoms with Crippen molar-refractivity contribution >= 4 is 22.8 Å². The number of nitrogens with zero attached hydrogens (tertiary/aromatic N) is 3. The quantitative estimate of drug-likeness (QED) is 0.534. The highest BCUT2D eigenvalue weighted by Crippen LogP contribution is 2.26. The zero-order valence-electron chi connectivity index (χ0n) is 18.1. The second-order valence-corrected chi connectivity index (χ2v) is 9.32. The van der Waals surface area contributed by atoms with E-state index in [1.165, 1.54) is 12.8 Å². The fraction of sp³-hybridized carbons (Fsp3) is 0.609. The van der Waals surface area contributed by atoms with Crippen molar-refractivity contribution in [2.24, 2.45) is 7.05 Å². The Morgan fingerprint density at radius 2 is 1.81 bits per heavy atom. The van der Waals surface area contributed by atoms with E-state index in [1.54, 1.807) is 16.2 Å². The molecule has 8 heteroatoms. The molecule has 3 fully saturated rings. The minimum atomic E-state index is -0.632. The summed E-state index contributed by atoms with van der Waals surface area (Å²) in [4.78, 5) is 39.5. The molecule has 4 heterocycles. The number of aromatic nitrogens is 2. The third-order valence-electron chi connectivity index (χ3n) is 7.17. The van der Waals surface area contributed by atoms with Crippen molar-refractivity contribution in [3.63, 3.8) is 0 Å². The first-order chi connectivity index (χ1) is 15.0. The summed E-state index contributed by atoms with van der Waals surface area (Å²) < 4.78 is 3.22. The number of hydrogen-bond acceptors (Lipinski definition) is 5. The van der Waals surface area contributed by atoms with Crippen LogP contribution in [0.4, 0.5) is 0 Å². The molecule has 166 valence electrons. The smallest absolute Gasteiger partial charge is 0.309 e. The summed E-state index contributed by atoms with van der Waals surface area (Å²) in [6, 6.07) is 6.67. The highest BCUT2D eigenvalue weighted by Gasteiger charge is 2.32. The van der Waals surface area contributed by atoms with Gasteiger partial charge in [0, 0.05) is 38.6 Å². The molecule has 2 aromatic rings. The highest BCUT2D eigenvalue weighted by atomic mass is 16.2. The Kier molecular flexibility index (Phi) is 5.44. The molecular formula is C23H31N5O3. The van der Waals surface area contributed by atoms with Gasteiger partial charge in [0.05, 0.1) is 11.0 Å². The Bertz CT molecular complexity index is 1060. The van der Waals surface area contributed by atoms with Crippen molar-refractivity contribution in [2.45, 2.75) is 63.1 Å². The van der Waals surface area contributed by atoms with Crippen molar-refractivity contribution in [1.82, 2.24) is 24.7 Å². The second-order valence-electron chi connectivity index (χ2n) is 9.32. The SMILES string of the molecule is Cn1c(=O)n(C2CCC(=O)NC2=O)c2cccc(CCCCN3C[C@H]4CC[C@@H](C3)N4)c21. The lowest BCUT2D eigenvalue weighted by atomic mass is 10.0. The van der Waals surface area contributed by atoms with Crippen molar-refractivity contribution in [2.75, 3.05) is 19.6 Å². The van der Waals surface area contributed by atoms with Gasteiger partial charge in [-0.05, 0) is 56.7 Å². The molecule has 0 spiro atoms. The summed E-state index contributed by atoms with van der Waals surface area (Å²) in [6.45, 7) is 3.45. The van der Waals surface area contributed by atoms with Crippen LogP contribution in [-0.4, -0.2) is 57.6 Å². The first-order valence-corrected chi connectivity index (χ1v) is 11.5. The summed E-state index contributed by atoms with van der Waals surface area (Å²) in [5, 5.41) is 6.05. The molecule has 0 saturated carbocycles. The number of aryl methyl sites for hydroxylation is 2. The van der Waals surface area contributed by atoms with Crippen LogP contribution in [0.15, 0.2) is 23.0 Å². The largest absolute Gasteiger partial charge is 0.329 e. The molecule has 1 aromatic heterocycles. The molecule has 3 atom stereocenters.